The second kappa shape index (κ2) is 11.1. The van der Waals surface area contributed by atoms with E-state index < -0.39 is 0 Å². The summed E-state index contributed by atoms with van der Waals surface area (Å²) in [5.74, 6) is 0.329. The van der Waals surface area contributed by atoms with Crippen molar-refractivity contribution in [1.82, 2.24) is 5.32 Å². The Labute approximate surface area is 210 Å². The lowest BCUT2D eigenvalue weighted by Gasteiger charge is -2.31. The van der Waals surface area contributed by atoms with Crippen molar-refractivity contribution in [3.05, 3.63) is 90.0 Å². The zero-order valence-electron chi connectivity index (χ0n) is 21.3. The van der Waals surface area contributed by atoms with Crippen molar-refractivity contribution < 1.29 is 4.79 Å². The lowest BCUT2D eigenvalue weighted by molar-refractivity contribution is 0.240. The molecule has 0 heterocycles. The van der Waals surface area contributed by atoms with Crippen molar-refractivity contribution in [3.63, 3.8) is 0 Å². The topological polar surface area (TPSA) is 58.4 Å². The van der Waals surface area contributed by atoms with Gasteiger partial charge in [0.05, 0.1) is 5.54 Å². The molecule has 0 aliphatic heterocycles. The molecule has 0 radical (unpaired) electrons. The standard InChI is InChI=1S/C31H39N3O/c1-4-9-24-12-14-25(15-13-24)26-16-18-28(19-17-26)34(22-29(32)23(3)5-2)30(35)33-31(20-21-31)27-10-7-6-8-11-27/h6-8,10-19,23,29H,4-5,9,20-22,32H2,1-3H3,(H,33,35)/t23-,29+/m0/s1. The molecule has 1 aliphatic rings. The molecule has 2 amide bonds. The maximum atomic E-state index is 13.6. The Kier molecular flexibility index (Phi) is 7.92. The number of carbonyl (C=O) groups is 1. The molecular formula is C31H39N3O. The summed E-state index contributed by atoms with van der Waals surface area (Å²) in [6.45, 7) is 6.98. The van der Waals surface area contributed by atoms with E-state index >= 15 is 0 Å². The number of nitrogens with zero attached hydrogens (tertiary/aromatic N) is 1. The molecule has 1 aliphatic carbocycles. The molecule has 0 aromatic heterocycles. The van der Waals surface area contributed by atoms with Crippen LogP contribution in [-0.2, 0) is 12.0 Å². The molecule has 0 bridgehead atoms. The van der Waals surface area contributed by atoms with Crippen LogP contribution in [0.15, 0.2) is 78.9 Å². The van der Waals surface area contributed by atoms with Crippen molar-refractivity contribution in [2.24, 2.45) is 11.7 Å². The third-order valence-electron chi connectivity index (χ3n) is 7.44. The van der Waals surface area contributed by atoms with Crippen LogP contribution >= 0.6 is 0 Å². The van der Waals surface area contributed by atoms with Crippen molar-refractivity contribution in [2.75, 3.05) is 11.4 Å². The number of rotatable bonds is 10. The SMILES string of the molecule is CCCc1ccc(-c2ccc(N(C[C@@H](N)[C@@H](C)CC)C(=O)NC3(c4ccccc4)CC3)cc2)cc1. The molecule has 4 heteroatoms. The van der Waals surface area contributed by atoms with Gasteiger partial charge < -0.3 is 11.1 Å². The molecule has 0 saturated heterocycles. The number of benzene rings is 3. The highest BCUT2D eigenvalue weighted by atomic mass is 16.2. The van der Waals surface area contributed by atoms with Crippen LogP contribution in [0.4, 0.5) is 10.5 Å². The summed E-state index contributed by atoms with van der Waals surface area (Å²) in [5.41, 5.74) is 12.0. The van der Waals surface area contributed by atoms with Gasteiger partial charge in [-0.15, -0.1) is 0 Å². The van der Waals surface area contributed by atoms with Crippen molar-refractivity contribution >= 4 is 11.7 Å². The lowest BCUT2D eigenvalue weighted by atomic mass is 9.99. The van der Waals surface area contributed by atoms with Crippen LogP contribution in [0, 0.1) is 5.92 Å². The fraction of sp³-hybridized carbons (Fsp3) is 0.387. The minimum Gasteiger partial charge on any atom is -0.328 e. The van der Waals surface area contributed by atoms with Crippen LogP contribution < -0.4 is 16.0 Å². The minimum absolute atomic E-state index is 0.0817. The molecule has 3 aromatic carbocycles. The van der Waals surface area contributed by atoms with E-state index in [1.165, 1.54) is 16.7 Å². The number of amides is 2. The first-order chi connectivity index (χ1) is 17.0. The first-order valence-corrected chi connectivity index (χ1v) is 13.1. The number of hydrogen-bond acceptors (Lipinski definition) is 2. The molecule has 3 aromatic rings. The first-order valence-electron chi connectivity index (χ1n) is 13.1. The van der Waals surface area contributed by atoms with Gasteiger partial charge in [-0.1, -0.05) is 100 Å². The number of aryl methyl sites for hydroxylation is 1. The fourth-order valence-corrected chi connectivity index (χ4v) is 4.63. The molecule has 1 saturated carbocycles. The van der Waals surface area contributed by atoms with Crippen LogP contribution in [0.1, 0.15) is 57.6 Å². The average molecular weight is 470 g/mol. The van der Waals surface area contributed by atoms with Gasteiger partial charge in [-0.3, -0.25) is 4.90 Å². The lowest BCUT2D eigenvalue weighted by Crippen LogP contribution is -2.50. The van der Waals surface area contributed by atoms with E-state index in [4.69, 9.17) is 5.73 Å². The van der Waals surface area contributed by atoms with Gasteiger partial charge in [-0.05, 0) is 59.6 Å². The molecule has 4 rings (SSSR count). The molecule has 2 atom stereocenters. The summed E-state index contributed by atoms with van der Waals surface area (Å²) in [5, 5.41) is 3.34. The Bertz CT molecular complexity index is 1090. The Morgan fingerprint density at radius 2 is 1.54 bits per heavy atom. The van der Waals surface area contributed by atoms with Crippen molar-refractivity contribution in [2.45, 2.75) is 64.5 Å². The van der Waals surface area contributed by atoms with E-state index in [2.05, 4.69) is 74.6 Å². The first kappa shape index (κ1) is 25.0. The molecule has 0 spiro atoms. The van der Waals surface area contributed by atoms with Crippen LogP contribution in [0.2, 0.25) is 0 Å². The van der Waals surface area contributed by atoms with E-state index in [0.29, 0.717) is 12.5 Å². The summed E-state index contributed by atoms with van der Waals surface area (Å²) < 4.78 is 0. The summed E-state index contributed by atoms with van der Waals surface area (Å²) in [6.07, 6.45) is 5.15. The van der Waals surface area contributed by atoms with Gasteiger partial charge in [0.1, 0.15) is 0 Å². The average Bonchev–Trinajstić information content (AvgIpc) is 3.68. The Balaban J connectivity index is 1.55. The van der Waals surface area contributed by atoms with Gasteiger partial charge in [0.2, 0.25) is 0 Å². The van der Waals surface area contributed by atoms with Crippen LogP contribution in [0.25, 0.3) is 11.1 Å². The molecule has 1 fully saturated rings. The second-order valence-electron chi connectivity index (χ2n) is 10.0. The van der Waals surface area contributed by atoms with Gasteiger partial charge in [-0.2, -0.15) is 0 Å². The quantitative estimate of drug-likeness (QED) is 0.340. The Morgan fingerprint density at radius 1 is 0.943 bits per heavy atom. The number of hydrogen-bond donors (Lipinski definition) is 2. The van der Waals surface area contributed by atoms with Gasteiger partial charge in [-0.25, -0.2) is 4.79 Å². The normalized spacial score (nSPS) is 15.8. The van der Waals surface area contributed by atoms with E-state index in [1.54, 1.807) is 0 Å². The van der Waals surface area contributed by atoms with Gasteiger partial charge in [0.25, 0.3) is 0 Å². The highest BCUT2D eigenvalue weighted by molar-refractivity contribution is 5.93. The third kappa shape index (κ3) is 5.94. The van der Waals surface area contributed by atoms with Crippen LogP contribution in [0.5, 0.6) is 0 Å². The minimum atomic E-state index is -0.267. The second-order valence-corrected chi connectivity index (χ2v) is 10.0. The molecular weight excluding hydrogens is 430 g/mol. The maximum Gasteiger partial charge on any atom is 0.322 e. The Hall–Kier alpha value is -3.11. The van der Waals surface area contributed by atoms with Crippen LogP contribution in [-0.4, -0.2) is 18.6 Å². The Morgan fingerprint density at radius 3 is 2.09 bits per heavy atom. The largest absolute Gasteiger partial charge is 0.328 e. The highest BCUT2D eigenvalue weighted by Gasteiger charge is 2.46. The zero-order valence-corrected chi connectivity index (χ0v) is 21.3. The molecule has 3 N–H and O–H groups in total. The smallest absolute Gasteiger partial charge is 0.322 e. The molecule has 35 heavy (non-hydrogen) atoms. The zero-order chi connectivity index (χ0) is 24.8. The molecule has 0 unspecified atom stereocenters. The summed E-state index contributed by atoms with van der Waals surface area (Å²) in [4.78, 5) is 15.5. The monoisotopic (exact) mass is 469 g/mol. The van der Waals surface area contributed by atoms with E-state index in [1.807, 2.05) is 35.2 Å². The van der Waals surface area contributed by atoms with Crippen molar-refractivity contribution in [3.8, 4) is 11.1 Å². The van der Waals surface area contributed by atoms with E-state index in [-0.39, 0.29) is 17.6 Å². The van der Waals surface area contributed by atoms with Gasteiger partial charge >= 0.3 is 6.03 Å². The van der Waals surface area contributed by atoms with Crippen molar-refractivity contribution in [1.29, 1.82) is 0 Å². The number of nitrogens with one attached hydrogen (secondary N) is 1. The fourth-order valence-electron chi connectivity index (χ4n) is 4.63. The van der Waals surface area contributed by atoms with Gasteiger partial charge in [0, 0.05) is 18.3 Å². The third-order valence-corrected chi connectivity index (χ3v) is 7.44. The summed E-state index contributed by atoms with van der Waals surface area (Å²) in [7, 11) is 0. The van der Waals surface area contributed by atoms with E-state index in [9.17, 15) is 4.79 Å². The predicted molar refractivity (Wildman–Crippen MR) is 147 cm³/mol. The molecule has 4 nitrogen and oxygen atoms in total. The van der Waals surface area contributed by atoms with Gasteiger partial charge in [0.15, 0.2) is 0 Å². The summed E-state index contributed by atoms with van der Waals surface area (Å²) in [6, 6.07) is 27.2. The number of nitrogens with two attached hydrogens (primary N) is 1. The van der Waals surface area contributed by atoms with E-state index in [0.717, 1.165) is 43.4 Å². The summed E-state index contributed by atoms with van der Waals surface area (Å²) >= 11 is 0. The number of carbonyl (C=O) groups excluding carboxylic acids is 1. The number of urea groups is 1. The number of anilines is 1. The highest BCUT2D eigenvalue weighted by Crippen LogP contribution is 2.45. The predicted octanol–water partition coefficient (Wildman–Crippen LogP) is 6.88. The molecule has 184 valence electrons. The van der Waals surface area contributed by atoms with Crippen LogP contribution in [0.3, 0.4) is 0 Å². The maximum absolute atomic E-state index is 13.6.